The first kappa shape index (κ1) is 20.0. The van der Waals surface area contributed by atoms with Crippen molar-refractivity contribution >= 4 is 17.5 Å². The van der Waals surface area contributed by atoms with Crippen molar-refractivity contribution < 1.29 is 13.9 Å². The van der Waals surface area contributed by atoms with Crippen LogP contribution in [0.25, 0.3) is 11.4 Å². The smallest absolute Gasteiger partial charge is 0.192 e. The number of thioether (sulfide) groups is 1. The van der Waals surface area contributed by atoms with Gasteiger partial charge in [-0.05, 0) is 43.3 Å². The molecule has 2 heterocycles. The van der Waals surface area contributed by atoms with Gasteiger partial charge < -0.3 is 9.15 Å². The van der Waals surface area contributed by atoms with Gasteiger partial charge in [0.15, 0.2) is 16.8 Å². The van der Waals surface area contributed by atoms with Crippen LogP contribution >= 0.6 is 11.8 Å². The monoisotopic (exact) mass is 419 g/mol. The average Bonchev–Trinajstić information content (AvgIpc) is 3.44. The third-order valence-electron chi connectivity index (χ3n) is 4.46. The van der Waals surface area contributed by atoms with Crippen LogP contribution in [0.1, 0.15) is 23.0 Å². The minimum atomic E-state index is 0.0249. The summed E-state index contributed by atoms with van der Waals surface area (Å²) < 4.78 is 12.9. The molecule has 0 aliphatic heterocycles. The Hall–Kier alpha value is -3.32. The maximum Gasteiger partial charge on any atom is 0.192 e. The van der Waals surface area contributed by atoms with Gasteiger partial charge in [-0.25, -0.2) is 0 Å². The molecule has 2 aromatic heterocycles. The number of hydrogen-bond acceptors (Lipinski definition) is 6. The first-order valence-corrected chi connectivity index (χ1v) is 10.6. The maximum atomic E-state index is 12.7. The van der Waals surface area contributed by atoms with E-state index in [9.17, 15) is 4.79 Å². The summed E-state index contributed by atoms with van der Waals surface area (Å²) in [5.74, 6) is 2.58. The fourth-order valence-electron chi connectivity index (χ4n) is 3.01. The van der Waals surface area contributed by atoms with Crippen molar-refractivity contribution in [3.8, 4) is 17.1 Å². The molecule has 0 saturated carbocycles. The highest BCUT2D eigenvalue weighted by Gasteiger charge is 2.17. The second-order valence-corrected chi connectivity index (χ2v) is 7.45. The Morgan fingerprint density at radius 2 is 1.83 bits per heavy atom. The van der Waals surface area contributed by atoms with E-state index in [0.29, 0.717) is 23.9 Å². The van der Waals surface area contributed by atoms with Crippen LogP contribution in [0.2, 0.25) is 0 Å². The molecule has 2 aromatic carbocycles. The number of ether oxygens (including phenoxy) is 1. The third-order valence-corrected chi connectivity index (χ3v) is 5.43. The van der Waals surface area contributed by atoms with E-state index in [2.05, 4.69) is 10.2 Å². The van der Waals surface area contributed by atoms with Crippen molar-refractivity contribution in [2.24, 2.45) is 0 Å². The summed E-state index contributed by atoms with van der Waals surface area (Å²) in [6.45, 7) is 3.01. The number of aromatic nitrogens is 3. The van der Waals surface area contributed by atoms with Crippen molar-refractivity contribution in [2.75, 3.05) is 12.4 Å². The van der Waals surface area contributed by atoms with Gasteiger partial charge in [0, 0.05) is 11.1 Å². The van der Waals surface area contributed by atoms with Crippen molar-refractivity contribution in [1.82, 2.24) is 14.8 Å². The van der Waals surface area contributed by atoms with Gasteiger partial charge in [0.25, 0.3) is 0 Å². The van der Waals surface area contributed by atoms with E-state index in [1.807, 2.05) is 66.1 Å². The summed E-state index contributed by atoms with van der Waals surface area (Å²) in [5, 5.41) is 9.38. The molecule has 6 nitrogen and oxygen atoms in total. The lowest BCUT2D eigenvalue weighted by molar-refractivity contribution is 0.102. The van der Waals surface area contributed by atoms with Gasteiger partial charge >= 0.3 is 0 Å². The standard InChI is InChI=1S/C23H21N3O3S/c1-2-28-19-12-10-17(11-13-19)21(27)16-30-23-25-24-22(18-7-4-3-5-8-18)26(23)15-20-9-6-14-29-20/h3-14H,2,15-16H2,1H3. The SMILES string of the molecule is CCOc1ccc(C(=O)CSc2nnc(-c3ccccc3)n2Cc2ccco2)cc1. The van der Waals surface area contributed by atoms with Crippen LogP contribution in [-0.4, -0.2) is 32.9 Å². The van der Waals surface area contributed by atoms with Crippen molar-refractivity contribution in [3.05, 3.63) is 84.3 Å². The van der Waals surface area contributed by atoms with Crippen LogP contribution in [0, 0.1) is 0 Å². The summed E-state index contributed by atoms with van der Waals surface area (Å²) in [7, 11) is 0. The van der Waals surface area contributed by atoms with Crippen molar-refractivity contribution in [1.29, 1.82) is 0 Å². The number of nitrogens with zero attached hydrogens (tertiary/aromatic N) is 3. The molecule has 0 unspecified atom stereocenters. The van der Waals surface area contributed by atoms with Crippen LogP contribution in [-0.2, 0) is 6.54 Å². The molecule has 152 valence electrons. The molecule has 0 atom stereocenters. The molecule has 0 bridgehead atoms. The van der Waals surface area contributed by atoms with Gasteiger partial charge in [-0.1, -0.05) is 42.1 Å². The molecular formula is C23H21N3O3S. The number of carbonyl (C=O) groups excluding carboxylic acids is 1. The highest BCUT2D eigenvalue weighted by molar-refractivity contribution is 7.99. The van der Waals surface area contributed by atoms with Gasteiger partial charge in [-0.3, -0.25) is 9.36 Å². The van der Waals surface area contributed by atoms with E-state index >= 15 is 0 Å². The van der Waals surface area contributed by atoms with Crippen LogP contribution in [0.15, 0.2) is 82.6 Å². The molecular weight excluding hydrogens is 398 g/mol. The second-order valence-electron chi connectivity index (χ2n) is 6.51. The van der Waals surface area contributed by atoms with Gasteiger partial charge in [-0.15, -0.1) is 10.2 Å². The summed E-state index contributed by atoms with van der Waals surface area (Å²) in [6, 6.07) is 20.8. The topological polar surface area (TPSA) is 70.2 Å². The number of Topliss-reactive ketones (excluding diaryl/α,β-unsaturated/α-hetero) is 1. The van der Waals surface area contributed by atoms with E-state index < -0.39 is 0 Å². The minimum Gasteiger partial charge on any atom is -0.494 e. The second kappa shape index (κ2) is 9.45. The Bertz CT molecular complexity index is 1090. The molecule has 0 fully saturated rings. The first-order chi connectivity index (χ1) is 14.7. The highest BCUT2D eigenvalue weighted by Crippen LogP contribution is 2.26. The predicted octanol–water partition coefficient (Wildman–Crippen LogP) is 4.96. The fourth-order valence-corrected chi connectivity index (χ4v) is 3.85. The first-order valence-electron chi connectivity index (χ1n) is 9.64. The van der Waals surface area contributed by atoms with E-state index in [1.165, 1.54) is 11.8 Å². The normalized spacial score (nSPS) is 10.8. The van der Waals surface area contributed by atoms with Gasteiger partial charge in [0.05, 0.1) is 25.2 Å². The molecule has 4 rings (SSSR count). The number of furan rings is 1. The number of carbonyl (C=O) groups is 1. The lowest BCUT2D eigenvalue weighted by Crippen LogP contribution is -2.07. The third kappa shape index (κ3) is 4.63. The minimum absolute atomic E-state index is 0.0249. The van der Waals surface area contributed by atoms with E-state index in [4.69, 9.17) is 9.15 Å². The van der Waals surface area contributed by atoms with Crippen LogP contribution in [0.4, 0.5) is 0 Å². The van der Waals surface area contributed by atoms with E-state index in [1.54, 1.807) is 18.4 Å². The molecule has 0 aliphatic rings. The Kier molecular flexibility index (Phi) is 6.29. The Morgan fingerprint density at radius 1 is 1.03 bits per heavy atom. The number of rotatable bonds is 9. The van der Waals surface area contributed by atoms with Gasteiger partial charge in [0.2, 0.25) is 0 Å². The fraction of sp³-hybridized carbons (Fsp3) is 0.174. The summed E-state index contributed by atoms with van der Waals surface area (Å²) in [4.78, 5) is 12.7. The molecule has 4 aromatic rings. The molecule has 0 aliphatic carbocycles. The quantitative estimate of drug-likeness (QED) is 0.282. The van der Waals surface area contributed by atoms with Crippen LogP contribution < -0.4 is 4.74 Å². The number of hydrogen-bond donors (Lipinski definition) is 0. The molecule has 0 N–H and O–H groups in total. The highest BCUT2D eigenvalue weighted by atomic mass is 32.2. The van der Waals surface area contributed by atoms with E-state index in [-0.39, 0.29) is 11.5 Å². The largest absolute Gasteiger partial charge is 0.494 e. The Balaban J connectivity index is 1.53. The Labute approximate surface area is 178 Å². The van der Waals surface area contributed by atoms with Crippen molar-refractivity contribution in [3.63, 3.8) is 0 Å². The molecule has 0 saturated heterocycles. The van der Waals surface area contributed by atoms with Crippen LogP contribution in [0.3, 0.4) is 0 Å². The maximum absolute atomic E-state index is 12.7. The molecule has 0 spiro atoms. The van der Waals surface area contributed by atoms with Crippen LogP contribution in [0.5, 0.6) is 5.75 Å². The average molecular weight is 420 g/mol. The lowest BCUT2D eigenvalue weighted by atomic mass is 10.1. The zero-order valence-corrected chi connectivity index (χ0v) is 17.3. The van der Waals surface area contributed by atoms with Gasteiger partial charge in [-0.2, -0.15) is 0 Å². The molecule has 30 heavy (non-hydrogen) atoms. The predicted molar refractivity (Wildman–Crippen MR) is 116 cm³/mol. The molecule has 0 radical (unpaired) electrons. The number of ketones is 1. The molecule has 0 amide bonds. The van der Waals surface area contributed by atoms with E-state index in [0.717, 1.165) is 22.9 Å². The number of benzene rings is 2. The molecule has 7 heteroatoms. The van der Waals surface area contributed by atoms with Crippen molar-refractivity contribution in [2.45, 2.75) is 18.6 Å². The zero-order valence-electron chi connectivity index (χ0n) is 16.5. The summed E-state index contributed by atoms with van der Waals surface area (Å²) in [6.07, 6.45) is 1.64. The lowest BCUT2D eigenvalue weighted by Gasteiger charge is -2.09. The Morgan fingerprint density at radius 3 is 2.53 bits per heavy atom. The summed E-state index contributed by atoms with van der Waals surface area (Å²) in [5.41, 5.74) is 1.60. The van der Waals surface area contributed by atoms with Gasteiger partial charge in [0.1, 0.15) is 11.5 Å². The zero-order chi connectivity index (χ0) is 20.8. The summed E-state index contributed by atoms with van der Waals surface area (Å²) >= 11 is 1.37.